The molecule has 0 spiro atoms. The first-order valence-electron chi connectivity index (χ1n) is 7.39. The van der Waals surface area contributed by atoms with Gasteiger partial charge in [0.25, 0.3) is 0 Å². The first-order chi connectivity index (χ1) is 10.8. The quantitative estimate of drug-likeness (QED) is 0.732. The highest BCUT2D eigenvalue weighted by Gasteiger charge is 2.29. The Kier molecular flexibility index (Phi) is 5.38. The smallest absolute Gasteiger partial charge is 0.306 e. The summed E-state index contributed by atoms with van der Waals surface area (Å²) < 4.78 is 22.6. The molecule has 1 amide bonds. The molecular weight excluding hydrogens is 320 g/mol. The molecule has 8 heteroatoms. The Labute approximate surface area is 134 Å². The minimum Gasteiger partial charge on any atom is -0.481 e. The maximum absolute atomic E-state index is 12.1. The lowest BCUT2D eigenvalue weighted by molar-refractivity contribution is -0.144. The van der Waals surface area contributed by atoms with Crippen molar-refractivity contribution >= 4 is 21.9 Å². The van der Waals surface area contributed by atoms with Gasteiger partial charge in [-0.1, -0.05) is 12.1 Å². The van der Waals surface area contributed by atoms with Gasteiger partial charge in [-0.2, -0.15) is 0 Å². The first kappa shape index (κ1) is 17.4. The summed E-state index contributed by atoms with van der Waals surface area (Å²) in [5.41, 5.74) is 0.643. The number of benzene rings is 1. The monoisotopic (exact) mass is 340 g/mol. The SMILES string of the molecule is NS(=O)(=O)c1cccc(CNC(=O)C2CCC(C(=O)O)CC2)c1. The Bertz CT molecular complexity index is 694. The van der Waals surface area contributed by atoms with Crippen molar-refractivity contribution in [2.75, 3.05) is 0 Å². The van der Waals surface area contributed by atoms with Crippen LogP contribution >= 0.6 is 0 Å². The van der Waals surface area contributed by atoms with Crippen LogP contribution in [0.25, 0.3) is 0 Å². The fraction of sp³-hybridized carbons (Fsp3) is 0.467. The number of amides is 1. The number of aliphatic carboxylic acids is 1. The Morgan fingerprint density at radius 3 is 2.35 bits per heavy atom. The van der Waals surface area contributed by atoms with Gasteiger partial charge in [0.1, 0.15) is 0 Å². The molecule has 0 saturated heterocycles. The van der Waals surface area contributed by atoms with Gasteiger partial charge in [-0.15, -0.1) is 0 Å². The Balaban J connectivity index is 1.89. The van der Waals surface area contributed by atoms with Crippen LogP contribution in [0, 0.1) is 11.8 Å². The normalized spacial score (nSPS) is 21.6. The van der Waals surface area contributed by atoms with Crippen molar-refractivity contribution < 1.29 is 23.1 Å². The maximum Gasteiger partial charge on any atom is 0.306 e. The molecule has 1 aliphatic rings. The zero-order valence-electron chi connectivity index (χ0n) is 12.6. The number of carboxylic acid groups (broad SMARTS) is 1. The number of nitrogens with two attached hydrogens (primary N) is 1. The number of hydrogen-bond acceptors (Lipinski definition) is 4. The summed E-state index contributed by atoms with van der Waals surface area (Å²) >= 11 is 0. The van der Waals surface area contributed by atoms with E-state index in [1.54, 1.807) is 12.1 Å². The second-order valence-electron chi connectivity index (χ2n) is 5.80. The summed E-state index contributed by atoms with van der Waals surface area (Å²) in [6.07, 6.45) is 2.13. The third-order valence-electron chi connectivity index (χ3n) is 4.14. The Morgan fingerprint density at radius 2 is 1.78 bits per heavy atom. The highest BCUT2D eigenvalue weighted by atomic mass is 32.2. The number of rotatable bonds is 5. The molecule has 126 valence electrons. The van der Waals surface area contributed by atoms with Crippen LogP contribution in [0.2, 0.25) is 0 Å². The fourth-order valence-corrected chi connectivity index (χ4v) is 3.35. The highest BCUT2D eigenvalue weighted by molar-refractivity contribution is 7.89. The molecule has 1 aromatic rings. The lowest BCUT2D eigenvalue weighted by atomic mass is 9.81. The molecule has 0 radical (unpaired) electrons. The molecule has 4 N–H and O–H groups in total. The first-order valence-corrected chi connectivity index (χ1v) is 8.94. The summed E-state index contributed by atoms with van der Waals surface area (Å²) in [6.45, 7) is 0.209. The average molecular weight is 340 g/mol. The van der Waals surface area contributed by atoms with E-state index in [1.807, 2.05) is 0 Å². The molecule has 23 heavy (non-hydrogen) atoms. The van der Waals surface area contributed by atoms with Gasteiger partial charge >= 0.3 is 5.97 Å². The zero-order valence-corrected chi connectivity index (χ0v) is 13.4. The van der Waals surface area contributed by atoms with Gasteiger partial charge in [0.2, 0.25) is 15.9 Å². The number of carbonyl (C=O) groups excluding carboxylic acids is 1. The summed E-state index contributed by atoms with van der Waals surface area (Å²) in [6, 6.07) is 6.10. The van der Waals surface area contributed by atoms with Crippen molar-refractivity contribution in [1.82, 2.24) is 5.32 Å². The van der Waals surface area contributed by atoms with Gasteiger partial charge in [0.05, 0.1) is 10.8 Å². The number of carbonyl (C=O) groups is 2. The van der Waals surface area contributed by atoms with Crippen LogP contribution in [0.1, 0.15) is 31.2 Å². The van der Waals surface area contributed by atoms with Crippen molar-refractivity contribution in [3.8, 4) is 0 Å². The molecule has 0 bridgehead atoms. The van der Waals surface area contributed by atoms with Crippen molar-refractivity contribution in [2.45, 2.75) is 37.1 Å². The van der Waals surface area contributed by atoms with Gasteiger partial charge in [-0.3, -0.25) is 9.59 Å². The fourth-order valence-electron chi connectivity index (χ4n) is 2.77. The van der Waals surface area contributed by atoms with Crippen LogP contribution in [0.15, 0.2) is 29.2 Å². The molecule has 1 fully saturated rings. The van der Waals surface area contributed by atoms with Crippen LogP contribution in [0.4, 0.5) is 0 Å². The van der Waals surface area contributed by atoms with Crippen molar-refractivity contribution in [2.24, 2.45) is 17.0 Å². The van der Waals surface area contributed by atoms with Gasteiger partial charge in [0, 0.05) is 12.5 Å². The predicted molar refractivity (Wildman–Crippen MR) is 82.7 cm³/mol. The molecule has 1 aliphatic carbocycles. The second kappa shape index (κ2) is 7.10. The van der Waals surface area contributed by atoms with E-state index in [9.17, 15) is 18.0 Å². The van der Waals surface area contributed by atoms with E-state index < -0.39 is 16.0 Å². The van der Waals surface area contributed by atoms with Crippen molar-refractivity contribution in [3.63, 3.8) is 0 Å². The molecule has 2 rings (SSSR count). The average Bonchev–Trinajstić information content (AvgIpc) is 2.52. The molecule has 0 unspecified atom stereocenters. The van der Waals surface area contributed by atoms with E-state index in [4.69, 9.17) is 10.2 Å². The van der Waals surface area contributed by atoms with E-state index in [0.717, 1.165) is 0 Å². The molecule has 1 saturated carbocycles. The molecule has 7 nitrogen and oxygen atoms in total. The van der Waals surface area contributed by atoms with Crippen molar-refractivity contribution in [1.29, 1.82) is 0 Å². The van der Waals surface area contributed by atoms with E-state index in [0.29, 0.717) is 31.2 Å². The standard InChI is InChI=1S/C15H20N2O5S/c16-23(21,22)13-3-1-2-10(8-13)9-17-14(18)11-4-6-12(7-5-11)15(19)20/h1-3,8,11-12H,4-7,9H2,(H,17,18)(H,19,20)(H2,16,21,22). The molecule has 0 heterocycles. The number of nitrogens with one attached hydrogen (secondary N) is 1. The lowest BCUT2D eigenvalue weighted by Crippen LogP contribution is -2.34. The van der Waals surface area contributed by atoms with Gasteiger partial charge in [-0.05, 0) is 43.4 Å². The molecule has 0 atom stereocenters. The summed E-state index contributed by atoms with van der Waals surface area (Å²) in [5, 5.41) is 16.8. The van der Waals surface area contributed by atoms with Gasteiger partial charge < -0.3 is 10.4 Å². The Hall–Kier alpha value is -1.93. The lowest BCUT2D eigenvalue weighted by Gasteiger charge is -2.25. The number of sulfonamides is 1. The Morgan fingerprint density at radius 1 is 1.17 bits per heavy atom. The zero-order chi connectivity index (χ0) is 17.0. The minimum absolute atomic E-state index is 0.00575. The summed E-state index contributed by atoms with van der Waals surface area (Å²) in [4.78, 5) is 23.0. The molecule has 0 aromatic heterocycles. The van der Waals surface area contributed by atoms with E-state index in [1.165, 1.54) is 12.1 Å². The maximum atomic E-state index is 12.1. The second-order valence-corrected chi connectivity index (χ2v) is 7.36. The van der Waals surface area contributed by atoms with E-state index >= 15 is 0 Å². The largest absolute Gasteiger partial charge is 0.481 e. The summed E-state index contributed by atoms with van der Waals surface area (Å²) in [5.74, 6) is -1.48. The summed E-state index contributed by atoms with van der Waals surface area (Å²) in [7, 11) is -3.77. The van der Waals surface area contributed by atoms with Crippen LogP contribution in [-0.2, 0) is 26.2 Å². The molecule has 1 aromatic carbocycles. The van der Waals surface area contributed by atoms with Crippen LogP contribution in [-0.4, -0.2) is 25.4 Å². The van der Waals surface area contributed by atoms with Gasteiger partial charge in [-0.25, -0.2) is 13.6 Å². The predicted octanol–water partition coefficient (Wildman–Crippen LogP) is 0.841. The third-order valence-corrected chi connectivity index (χ3v) is 5.05. The highest BCUT2D eigenvalue weighted by Crippen LogP contribution is 2.29. The molecular formula is C15H20N2O5S. The van der Waals surface area contributed by atoms with Crippen molar-refractivity contribution in [3.05, 3.63) is 29.8 Å². The van der Waals surface area contributed by atoms with E-state index in [2.05, 4.69) is 5.32 Å². The molecule has 0 aliphatic heterocycles. The number of hydrogen-bond donors (Lipinski definition) is 3. The minimum atomic E-state index is -3.77. The van der Waals surface area contributed by atoms with Crippen LogP contribution in [0.5, 0.6) is 0 Å². The number of primary sulfonamides is 1. The number of carboxylic acids is 1. The topological polar surface area (TPSA) is 127 Å². The van der Waals surface area contributed by atoms with Crippen LogP contribution < -0.4 is 10.5 Å². The van der Waals surface area contributed by atoms with Gasteiger partial charge in [0.15, 0.2) is 0 Å². The third kappa shape index (κ3) is 4.77. The van der Waals surface area contributed by atoms with E-state index in [-0.39, 0.29) is 29.2 Å². The van der Waals surface area contributed by atoms with Crippen LogP contribution in [0.3, 0.4) is 0 Å².